The van der Waals surface area contributed by atoms with Gasteiger partial charge in [0.25, 0.3) is 5.91 Å². The van der Waals surface area contributed by atoms with Gasteiger partial charge in [0.15, 0.2) is 5.65 Å². The van der Waals surface area contributed by atoms with Crippen molar-refractivity contribution in [1.29, 1.82) is 0 Å². The summed E-state index contributed by atoms with van der Waals surface area (Å²) in [6.07, 6.45) is 0.170. The summed E-state index contributed by atoms with van der Waals surface area (Å²) < 4.78 is 28.1. The predicted octanol–water partition coefficient (Wildman–Crippen LogP) is 4.30. The molecule has 166 valence electrons. The largest absolute Gasteiger partial charge is 0.348 e. The lowest BCUT2D eigenvalue weighted by molar-refractivity contribution is -0.119. The fourth-order valence-electron chi connectivity index (χ4n) is 3.94. The highest BCUT2D eigenvalue weighted by atomic mass is 32.1. The second kappa shape index (κ2) is 8.32. The van der Waals surface area contributed by atoms with E-state index in [0.29, 0.717) is 29.0 Å². The first-order chi connectivity index (χ1) is 15.9. The van der Waals surface area contributed by atoms with E-state index < -0.39 is 17.7 Å². The van der Waals surface area contributed by atoms with Gasteiger partial charge in [-0.2, -0.15) is 0 Å². The molecule has 2 aromatic heterocycles. The maximum absolute atomic E-state index is 13.6. The molecular formula is C24H18F2N4O2S. The van der Waals surface area contributed by atoms with Crippen LogP contribution in [0.3, 0.4) is 0 Å². The first-order valence-electron chi connectivity index (χ1n) is 10.3. The predicted molar refractivity (Wildman–Crippen MR) is 121 cm³/mol. The standard InChI is InChI=1S/C24H18F2N4O2S/c1-12(31)28-20(8-13-6-16(25)10-17(26)7-13)19-4-5-21-22(29-19)30-24(33-21)14-2-3-15-11-27-23(32)18(15)9-14/h2-7,9-10,20H,8,11H2,1H3,(H,27,32)(H,28,31)/t20-/m0/s1. The van der Waals surface area contributed by atoms with Crippen LogP contribution in [0.15, 0.2) is 48.5 Å². The summed E-state index contributed by atoms with van der Waals surface area (Å²) in [7, 11) is 0. The van der Waals surface area contributed by atoms with Gasteiger partial charge in [0, 0.05) is 30.7 Å². The number of hydrogen-bond donors (Lipinski definition) is 2. The van der Waals surface area contributed by atoms with Gasteiger partial charge >= 0.3 is 0 Å². The number of carbonyl (C=O) groups excluding carboxylic acids is 2. The summed E-state index contributed by atoms with van der Waals surface area (Å²) in [6, 6.07) is 12.0. The molecule has 1 aliphatic heterocycles. The fourth-order valence-corrected chi connectivity index (χ4v) is 4.84. The van der Waals surface area contributed by atoms with Crippen LogP contribution in [0, 0.1) is 11.6 Å². The molecule has 0 spiro atoms. The Balaban J connectivity index is 1.49. The summed E-state index contributed by atoms with van der Waals surface area (Å²) in [5.74, 6) is -1.74. The van der Waals surface area contributed by atoms with E-state index in [1.54, 1.807) is 6.07 Å². The quantitative estimate of drug-likeness (QED) is 0.461. The average molecular weight is 464 g/mol. The van der Waals surface area contributed by atoms with Crippen molar-refractivity contribution in [3.05, 3.63) is 82.5 Å². The Bertz CT molecular complexity index is 1400. The summed E-state index contributed by atoms with van der Waals surface area (Å²) in [6.45, 7) is 1.90. The number of fused-ring (bicyclic) bond motifs is 2. The molecule has 0 aliphatic carbocycles. The van der Waals surface area contributed by atoms with E-state index in [9.17, 15) is 18.4 Å². The molecule has 33 heavy (non-hydrogen) atoms. The highest BCUT2D eigenvalue weighted by Crippen LogP contribution is 2.32. The molecule has 1 aliphatic rings. The molecular weight excluding hydrogens is 446 g/mol. The van der Waals surface area contributed by atoms with Gasteiger partial charge in [-0.15, -0.1) is 11.3 Å². The molecule has 5 rings (SSSR count). The maximum Gasteiger partial charge on any atom is 0.251 e. The van der Waals surface area contributed by atoms with E-state index in [2.05, 4.69) is 20.6 Å². The van der Waals surface area contributed by atoms with Crippen molar-refractivity contribution < 1.29 is 18.4 Å². The monoisotopic (exact) mass is 464 g/mol. The Kier molecular flexibility index (Phi) is 5.33. The molecule has 6 nitrogen and oxygen atoms in total. The molecule has 2 N–H and O–H groups in total. The Labute approximate surface area is 191 Å². The maximum atomic E-state index is 13.6. The number of amides is 2. The Hall–Kier alpha value is -3.72. The Morgan fingerprint density at radius 3 is 2.67 bits per heavy atom. The SMILES string of the molecule is CC(=O)N[C@@H](Cc1cc(F)cc(F)c1)c1ccc2sc(-c3ccc4c(c3)C(=O)NC4)nc2n1. The van der Waals surface area contributed by atoms with E-state index in [1.807, 2.05) is 24.3 Å². The van der Waals surface area contributed by atoms with Crippen LogP contribution >= 0.6 is 11.3 Å². The van der Waals surface area contributed by atoms with Crippen molar-refractivity contribution in [1.82, 2.24) is 20.6 Å². The van der Waals surface area contributed by atoms with Crippen molar-refractivity contribution >= 4 is 33.5 Å². The third-order valence-electron chi connectivity index (χ3n) is 5.41. The number of carbonyl (C=O) groups is 2. The summed E-state index contributed by atoms with van der Waals surface area (Å²) >= 11 is 1.45. The van der Waals surface area contributed by atoms with Crippen LogP contribution < -0.4 is 10.6 Å². The summed E-state index contributed by atoms with van der Waals surface area (Å²) in [5, 5.41) is 6.33. The lowest BCUT2D eigenvalue weighted by Crippen LogP contribution is -2.28. The number of pyridine rings is 1. The Morgan fingerprint density at radius 2 is 1.91 bits per heavy atom. The Morgan fingerprint density at radius 1 is 1.12 bits per heavy atom. The van der Waals surface area contributed by atoms with Crippen LogP contribution in [-0.4, -0.2) is 21.8 Å². The second-order valence-electron chi connectivity index (χ2n) is 7.87. The van der Waals surface area contributed by atoms with Gasteiger partial charge in [0.1, 0.15) is 16.6 Å². The second-order valence-corrected chi connectivity index (χ2v) is 8.90. The van der Waals surface area contributed by atoms with E-state index in [4.69, 9.17) is 0 Å². The van der Waals surface area contributed by atoms with Crippen LogP contribution in [0.1, 0.15) is 40.1 Å². The molecule has 0 saturated heterocycles. The van der Waals surface area contributed by atoms with Crippen LogP contribution in [-0.2, 0) is 17.8 Å². The van der Waals surface area contributed by atoms with Crippen LogP contribution in [0.25, 0.3) is 20.9 Å². The normalized spacial score (nSPS) is 13.6. The van der Waals surface area contributed by atoms with Gasteiger partial charge in [-0.3, -0.25) is 9.59 Å². The topological polar surface area (TPSA) is 84.0 Å². The fraction of sp³-hybridized carbons (Fsp3) is 0.167. The zero-order chi connectivity index (χ0) is 23.1. The molecule has 4 aromatic rings. The van der Waals surface area contributed by atoms with Crippen LogP contribution in [0.5, 0.6) is 0 Å². The number of hydrogen-bond acceptors (Lipinski definition) is 5. The number of halogens is 2. The van der Waals surface area contributed by atoms with Crippen molar-refractivity contribution in [3.63, 3.8) is 0 Å². The average Bonchev–Trinajstić information content (AvgIpc) is 3.35. The number of rotatable bonds is 5. The molecule has 9 heteroatoms. The third kappa shape index (κ3) is 4.31. The zero-order valence-corrected chi connectivity index (χ0v) is 18.3. The molecule has 2 aromatic carbocycles. The minimum atomic E-state index is -0.679. The minimum absolute atomic E-state index is 0.0969. The first-order valence-corrected chi connectivity index (χ1v) is 11.1. The first kappa shape index (κ1) is 21.1. The molecule has 0 unspecified atom stereocenters. The van der Waals surface area contributed by atoms with Gasteiger partial charge in [-0.05, 0) is 47.9 Å². The zero-order valence-electron chi connectivity index (χ0n) is 17.5. The van der Waals surface area contributed by atoms with E-state index in [1.165, 1.54) is 30.4 Å². The van der Waals surface area contributed by atoms with Crippen molar-refractivity contribution in [2.75, 3.05) is 0 Å². The van der Waals surface area contributed by atoms with Crippen molar-refractivity contribution in [2.24, 2.45) is 0 Å². The van der Waals surface area contributed by atoms with E-state index in [-0.39, 0.29) is 18.2 Å². The molecule has 3 heterocycles. The summed E-state index contributed by atoms with van der Waals surface area (Å²) in [4.78, 5) is 33.0. The molecule has 0 fully saturated rings. The van der Waals surface area contributed by atoms with Crippen molar-refractivity contribution in [2.45, 2.75) is 25.9 Å². The van der Waals surface area contributed by atoms with Crippen LogP contribution in [0.4, 0.5) is 8.78 Å². The highest BCUT2D eigenvalue weighted by Gasteiger charge is 2.21. The number of thiazole rings is 1. The lowest BCUT2D eigenvalue weighted by Gasteiger charge is -2.17. The van der Waals surface area contributed by atoms with Crippen LogP contribution in [0.2, 0.25) is 0 Å². The number of nitrogens with zero attached hydrogens (tertiary/aromatic N) is 2. The molecule has 0 bridgehead atoms. The minimum Gasteiger partial charge on any atom is -0.348 e. The van der Waals surface area contributed by atoms with Gasteiger partial charge < -0.3 is 10.6 Å². The van der Waals surface area contributed by atoms with Crippen molar-refractivity contribution in [3.8, 4) is 10.6 Å². The van der Waals surface area contributed by atoms with E-state index >= 15 is 0 Å². The van der Waals surface area contributed by atoms with Gasteiger partial charge in [-0.25, -0.2) is 18.7 Å². The highest BCUT2D eigenvalue weighted by molar-refractivity contribution is 7.21. The van der Waals surface area contributed by atoms with E-state index in [0.717, 1.165) is 26.9 Å². The number of benzene rings is 2. The van der Waals surface area contributed by atoms with Gasteiger partial charge in [0.05, 0.1) is 16.4 Å². The summed E-state index contributed by atoms with van der Waals surface area (Å²) in [5.41, 5.74) is 3.86. The molecule has 0 radical (unpaired) electrons. The number of nitrogens with one attached hydrogen (secondary N) is 2. The molecule has 2 amide bonds. The molecule has 1 atom stereocenters. The third-order valence-corrected chi connectivity index (χ3v) is 6.47. The van der Waals surface area contributed by atoms with Gasteiger partial charge in [-0.1, -0.05) is 12.1 Å². The van der Waals surface area contributed by atoms with Gasteiger partial charge in [0.2, 0.25) is 5.91 Å². The smallest absolute Gasteiger partial charge is 0.251 e. The number of aromatic nitrogens is 2. The lowest BCUT2D eigenvalue weighted by atomic mass is 10.0. The molecule has 0 saturated carbocycles.